The number of benzene rings is 1. The zero-order valence-corrected chi connectivity index (χ0v) is 11.0. The number of imidazole rings is 1. The van der Waals surface area contributed by atoms with Crippen LogP contribution in [-0.4, -0.2) is 15.7 Å². The second-order valence-electron chi connectivity index (χ2n) is 6.21. The zero-order valence-electron chi connectivity index (χ0n) is 11.0. The van der Waals surface area contributed by atoms with Gasteiger partial charge in [0.1, 0.15) is 5.82 Å². The molecule has 2 aromatic rings. The van der Waals surface area contributed by atoms with E-state index in [1.54, 1.807) is 29.2 Å². The highest BCUT2D eigenvalue weighted by Crippen LogP contribution is 2.76. The molecule has 2 nitrogen and oxygen atoms in total. The highest BCUT2D eigenvalue weighted by molar-refractivity contribution is 5.58. The average Bonchev–Trinajstić information content (AvgIpc) is 2.74. The van der Waals surface area contributed by atoms with E-state index in [-0.39, 0.29) is 25.1 Å². The summed E-state index contributed by atoms with van der Waals surface area (Å²) in [6.45, 7) is 0. The molecule has 1 heterocycles. The van der Waals surface area contributed by atoms with Crippen molar-refractivity contribution in [1.82, 2.24) is 9.55 Å². The van der Waals surface area contributed by atoms with Gasteiger partial charge in [-0.05, 0) is 43.5 Å². The Morgan fingerprint density at radius 3 is 2.24 bits per heavy atom. The van der Waals surface area contributed by atoms with E-state index in [2.05, 4.69) is 4.98 Å². The third-order valence-electron chi connectivity index (χ3n) is 4.87. The Balaban J connectivity index is 1.57. The van der Waals surface area contributed by atoms with Crippen molar-refractivity contribution in [2.24, 2.45) is 5.41 Å². The van der Waals surface area contributed by atoms with Crippen molar-refractivity contribution < 1.29 is 17.6 Å². The Bertz CT molecular complexity index is 679. The average molecular weight is 296 g/mol. The standard InChI is InChI=1S/C15H12F4N2/c16-11-3-1-10(2-4-11)12-5-21(9-20-12)14-6-13(7-14,8-14)15(17,18)19/h1-5,9H,6-8H2. The van der Waals surface area contributed by atoms with Gasteiger partial charge in [0.25, 0.3) is 0 Å². The number of hydrogen-bond donors (Lipinski definition) is 0. The molecule has 6 heteroatoms. The van der Waals surface area contributed by atoms with Gasteiger partial charge in [0, 0.05) is 17.3 Å². The van der Waals surface area contributed by atoms with Crippen molar-refractivity contribution in [3.8, 4) is 11.3 Å². The Kier molecular flexibility index (Phi) is 2.25. The monoisotopic (exact) mass is 296 g/mol. The number of halogens is 4. The minimum Gasteiger partial charge on any atom is -0.331 e. The summed E-state index contributed by atoms with van der Waals surface area (Å²) in [4.78, 5) is 4.23. The van der Waals surface area contributed by atoms with Crippen molar-refractivity contribution in [3.63, 3.8) is 0 Å². The topological polar surface area (TPSA) is 17.8 Å². The van der Waals surface area contributed by atoms with Crippen molar-refractivity contribution >= 4 is 0 Å². The number of alkyl halides is 3. The predicted octanol–water partition coefficient (Wildman–Crippen LogP) is 4.13. The molecular formula is C15H12F4N2. The van der Waals surface area contributed by atoms with Gasteiger partial charge in [0.2, 0.25) is 0 Å². The van der Waals surface area contributed by atoms with Crippen LogP contribution in [0.4, 0.5) is 17.6 Å². The van der Waals surface area contributed by atoms with E-state index in [4.69, 9.17) is 0 Å². The van der Waals surface area contributed by atoms with Crippen LogP contribution in [0.15, 0.2) is 36.8 Å². The fourth-order valence-corrected chi connectivity index (χ4v) is 3.66. The quantitative estimate of drug-likeness (QED) is 0.762. The van der Waals surface area contributed by atoms with E-state index in [1.807, 2.05) is 0 Å². The lowest BCUT2D eigenvalue weighted by Gasteiger charge is -2.70. The summed E-state index contributed by atoms with van der Waals surface area (Å²) in [5.74, 6) is -0.329. The lowest BCUT2D eigenvalue weighted by atomic mass is 9.39. The normalized spacial score (nSPS) is 30.7. The van der Waals surface area contributed by atoms with Gasteiger partial charge < -0.3 is 4.57 Å². The maximum atomic E-state index is 12.9. The minimum absolute atomic E-state index is 0.142. The molecule has 3 aliphatic rings. The van der Waals surface area contributed by atoms with Gasteiger partial charge in [-0.1, -0.05) is 0 Å². The summed E-state index contributed by atoms with van der Waals surface area (Å²) in [6, 6.07) is 5.91. The molecule has 21 heavy (non-hydrogen) atoms. The lowest BCUT2D eigenvalue weighted by molar-refractivity contribution is -0.354. The largest absolute Gasteiger partial charge is 0.394 e. The Morgan fingerprint density at radius 1 is 1.05 bits per heavy atom. The Morgan fingerprint density at radius 2 is 1.67 bits per heavy atom. The molecule has 0 aliphatic heterocycles. The molecule has 1 aromatic carbocycles. The van der Waals surface area contributed by atoms with E-state index in [9.17, 15) is 17.6 Å². The van der Waals surface area contributed by atoms with E-state index in [1.165, 1.54) is 12.1 Å². The van der Waals surface area contributed by atoms with Crippen LogP contribution in [0.25, 0.3) is 11.3 Å². The summed E-state index contributed by atoms with van der Waals surface area (Å²) in [5, 5.41) is 0. The second kappa shape index (κ2) is 3.67. The summed E-state index contributed by atoms with van der Waals surface area (Å²) in [7, 11) is 0. The van der Waals surface area contributed by atoms with Gasteiger partial charge in [0.05, 0.1) is 17.4 Å². The molecule has 0 unspecified atom stereocenters. The van der Waals surface area contributed by atoms with Crippen molar-refractivity contribution in [1.29, 1.82) is 0 Å². The summed E-state index contributed by atoms with van der Waals surface area (Å²) in [5.41, 5.74) is -0.471. The smallest absolute Gasteiger partial charge is 0.331 e. The van der Waals surface area contributed by atoms with Crippen LogP contribution < -0.4 is 0 Å². The molecule has 3 aliphatic carbocycles. The van der Waals surface area contributed by atoms with Gasteiger partial charge in [-0.3, -0.25) is 0 Å². The zero-order chi connectivity index (χ0) is 14.9. The predicted molar refractivity (Wildman–Crippen MR) is 67.9 cm³/mol. The molecule has 5 rings (SSSR count). The first kappa shape index (κ1) is 12.9. The number of rotatable bonds is 2. The van der Waals surface area contributed by atoms with E-state index in [0.717, 1.165) is 5.56 Å². The highest BCUT2D eigenvalue weighted by Gasteiger charge is 2.79. The molecule has 0 radical (unpaired) electrons. The van der Waals surface area contributed by atoms with Crippen LogP contribution in [0.2, 0.25) is 0 Å². The molecular weight excluding hydrogens is 284 g/mol. The fraction of sp³-hybridized carbons (Fsp3) is 0.400. The van der Waals surface area contributed by atoms with Crippen molar-refractivity contribution in [2.75, 3.05) is 0 Å². The van der Waals surface area contributed by atoms with Crippen molar-refractivity contribution in [2.45, 2.75) is 31.0 Å². The molecule has 2 bridgehead atoms. The van der Waals surface area contributed by atoms with E-state index < -0.39 is 17.1 Å². The maximum absolute atomic E-state index is 12.9. The summed E-state index contributed by atoms with van der Waals surface area (Å²) in [6.07, 6.45) is -0.339. The lowest BCUT2D eigenvalue weighted by Crippen LogP contribution is -2.72. The Hall–Kier alpha value is -1.85. The van der Waals surface area contributed by atoms with Crippen LogP contribution in [0, 0.1) is 11.2 Å². The van der Waals surface area contributed by atoms with Gasteiger partial charge in [0.15, 0.2) is 0 Å². The van der Waals surface area contributed by atoms with Crippen LogP contribution in [0.5, 0.6) is 0 Å². The van der Waals surface area contributed by atoms with Crippen LogP contribution in [0.1, 0.15) is 19.3 Å². The summed E-state index contributed by atoms with van der Waals surface area (Å²) < 4.78 is 53.2. The van der Waals surface area contributed by atoms with Gasteiger partial charge in [-0.2, -0.15) is 13.2 Å². The molecule has 110 valence electrons. The molecule has 0 N–H and O–H groups in total. The van der Waals surface area contributed by atoms with Crippen LogP contribution >= 0.6 is 0 Å². The maximum Gasteiger partial charge on any atom is 0.394 e. The molecule has 0 saturated heterocycles. The third kappa shape index (κ3) is 1.61. The van der Waals surface area contributed by atoms with Gasteiger partial charge in [-0.25, -0.2) is 9.37 Å². The number of aromatic nitrogens is 2. The molecule has 0 spiro atoms. The second-order valence-corrected chi connectivity index (χ2v) is 6.21. The highest BCUT2D eigenvalue weighted by atomic mass is 19.4. The number of nitrogens with zero attached hydrogens (tertiary/aromatic N) is 2. The summed E-state index contributed by atoms with van der Waals surface area (Å²) >= 11 is 0. The first-order valence-corrected chi connectivity index (χ1v) is 6.71. The molecule has 3 saturated carbocycles. The first-order valence-electron chi connectivity index (χ1n) is 6.71. The minimum atomic E-state index is -4.10. The molecule has 1 aromatic heterocycles. The SMILES string of the molecule is Fc1ccc(-c2cn(C34CC(C(F)(F)F)(C3)C4)cn2)cc1. The van der Waals surface area contributed by atoms with Crippen LogP contribution in [0.3, 0.4) is 0 Å². The first-order chi connectivity index (χ1) is 9.84. The van der Waals surface area contributed by atoms with Crippen molar-refractivity contribution in [3.05, 3.63) is 42.6 Å². The molecule has 3 fully saturated rings. The molecule has 0 amide bonds. The third-order valence-corrected chi connectivity index (χ3v) is 4.87. The number of hydrogen-bond acceptors (Lipinski definition) is 1. The fourth-order valence-electron chi connectivity index (χ4n) is 3.66. The van der Waals surface area contributed by atoms with Crippen LogP contribution in [-0.2, 0) is 5.54 Å². The van der Waals surface area contributed by atoms with E-state index in [0.29, 0.717) is 5.69 Å². The van der Waals surface area contributed by atoms with Gasteiger partial charge in [-0.15, -0.1) is 0 Å². The van der Waals surface area contributed by atoms with Gasteiger partial charge >= 0.3 is 6.18 Å². The molecule has 0 atom stereocenters. The van der Waals surface area contributed by atoms with E-state index >= 15 is 0 Å². The Labute approximate surface area is 118 Å².